The van der Waals surface area contributed by atoms with Crippen LogP contribution in [0.25, 0.3) is 0 Å². The van der Waals surface area contributed by atoms with Crippen molar-refractivity contribution < 1.29 is 24.4 Å². The molecule has 1 aliphatic carbocycles. The first-order valence-electron chi connectivity index (χ1n) is 9.93. The largest absolute Gasteiger partial charge is 0.475 e. The van der Waals surface area contributed by atoms with E-state index >= 15 is 0 Å². The van der Waals surface area contributed by atoms with Gasteiger partial charge in [0.1, 0.15) is 6.04 Å². The van der Waals surface area contributed by atoms with Crippen molar-refractivity contribution in [2.24, 2.45) is 11.8 Å². The third kappa shape index (κ3) is 6.01. The van der Waals surface area contributed by atoms with Crippen LogP contribution < -0.4 is 10.6 Å². The Morgan fingerprint density at radius 3 is 2.14 bits per heavy atom. The summed E-state index contributed by atoms with van der Waals surface area (Å²) >= 11 is 0. The Morgan fingerprint density at radius 1 is 1.00 bits per heavy atom. The molecule has 0 saturated heterocycles. The van der Waals surface area contributed by atoms with Gasteiger partial charge in [-0.15, -0.1) is 0 Å². The number of carbonyl (C=O) groups excluding carboxylic acids is 3. The highest BCUT2D eigenvalue weighted by Gasteiger charge is 2.32. The molecule has 0 aromatic heterocycles. The third-order valence-corrected chi connectivity index (χ3v) is 4.72. The van der Waals surface area contributed by atoms with Gasteiger partial charge in [0.2, 0.25) is 11.7 Å². The molecule has 156 valence electrons. The number of hydrogen-bond donors (Lipinski definition) is 4. The molecule has 29 heavy (non-hydrogen) atoms. The van der Waals surface area contributed by atoms with Crippen LogP contribution in [0.3, 0.4) is 0 Å². The molecule has 1 aliphatic rings. The Labute approximate surface area is 171 Å². The minimum absolute atomic E-state index is 0.0689. The van der Waals surface area contributed by atoms with Crippen LogP contribution in [0.5, 0.6) is 0 Å². The van der Waals surface area contributed by atoms with E-state index in [0.29, 0.717) is 24.0 Å². The maximum atomic E-state index is 12.9. The molecular weight excluding hydrogens is 371 g/mol. The summed E-state index contributed by atoms with van der Waals surface area (Å²) in [5.74, 6) is -1.63. The lowest BCUT2D eigenvalue weighted by atomic mass is 9.75. The van der Waals surface area contributed by atoms with E-state index in [2.05, 4.69) is 10.6 Å². The number of hydrogen-bond acceptors (Lipinski definition) is 6. The molecule has 7 nitrogen and oxygen atoms in total. The van der Waals surface area contributed by atoms with E-state index in [1.54, 1.807) is 24.3 Å². The van der Waals surface area contributed by atoms with Crippen LogP contribution >= 0.6 is 0 Å². The summed E-state index contributed by atoms with van der Waals surface area (Å²) in [6, 6.07) is 5.77. The van der Waals surface area contributed by atoms with Gasteiger partial charge in [-0.25, -0.2) is 0 Å². The SMILES string of the molecule is CC(C)C[C@H](NC(=O)[C@H](CC(C)C)NC1=CC(=O)c2ccccc2C1=O)B(O)O. The summed E-state index contributed by atoms with van der Waals surface area (Å²) in [6.07, 6.45) is 2.02. The van der Waals surface area contributed by atoms with E-state index < -0.39 is 25.0 Å². The average Bonchev–Trinajstić information content (AvgIpc) is 2.63. The molecule has 8 heteroatoms. The lowest BCUT2D eigenvalue weighted by Crippen LogP contribution is -2.54. The fourth-order valence-electron chi connectivity index (χ4n) is 3.36. The van der Waals surface area contributed by atoms with Gasteiger partial charge in [-0.1, -0.05) is 52.0 Å². The summed E-state index contributed by atoms with van der Waals surface area (Å²) < 4.78 is 0. The van der Waals surface area contributed by atoms with E-state index in [9.17, 15) is 24.4 Å². The molecule has 0 bridgehead atoms. The minimum Gasteiger partial charge on any atom is -0.426 e. The maximum absolute atomic E-state index is 12.9. The number of allylic oxidation sites excluding steroid dienone is 2. The first-order valence-corrected chi connectivity index (χ1v) is 9.93. The molecule has 2 atom stereocenters. The van der Waals surface area contributed by atoms with Crippen LogP contribution in [-0.4, -0.2) is 46.6 Å². The van der Waals surface area contributed by atoms with E-state index in [1.165, 1.54) is 6.08 Å². The second-order valence-corrected chi connectivity index (χ2v) is 8.28. The monoisotopic (exact) mass is 400 g/mol. The lowest BCUT2D eigenvalue weighted by molar-refractivity contribution is -0.123. The maximum Gasteiger partial charge on any atom is 0.475 e. The molecule has 0 heterocycles. The zero-order valence-electron chi connectivity index (χ0n) is 17.3. The van der Waals surface area contributed by atoms with Gasteiger partial charge in [-0.05, 0) is 24.7 Å². The summed E-state index contributed by atoms with van der Waals surface area (Å²) in [5.41, 5.74) is 0.711. The Kier molecular flexibility index (Phi) is 7.76. The van der Waals surface area contributed by atoms with Crippen LogP contribution in [0.1, 0.15) is 61.3 Å². The van der Waals surface area contributed by atoms with Crippen molar-refractivity contribution in [2.45, 2.75) is 52.5 Å². The first-order chi connectivity index (χ1) is 13.6. The van der Waals surface area contributed by atoms with Gasteiger partial charge in [0, 0.05) is 17.2 Å². The molecule has 0 radical (unpaired) electrons. The molecule has 2 rings (SSSR count). The predicted octanol–water partition coefficient (Wildman–Crippen LogP) is 1.50. The summed E-state index contributed by atoms with van der Waals surface area (Å²) in [4.78, 5) is 38.0. The highest BCUT2D eigenvalue weighted by Crippen LogP contribution is 2.21. The van der Waals surface area contributed by atoms with Crippen LogP contribution in [0.4, 0.5) is 0 Å². The van der Waals surface area contributed by atoms with E-state index in [4.69, 9.17) is 0 Å². The fraction of sp³-hybridized carbons (Fsp3) is 0.476. The number of ketones is 2. The number of amides is 1. The number of benzene rings is 1. The number of fused-ring (bicyclic) bond motifs is 1. The van der Waals surface area contributed by atoms with Crippen molar-refractivity contribution in [1.29, 1.82) is 0 Å². The zero-order chi connectivity index (χ0) is 21.7. The van der Waals surface area contributed by atoms with Crippen molar-refractivity contribution >= 4 is 24.6 Å². The van der Waals surface area contributed by atoms with Crippen LogP contribution in [0, 0.1) is 11.8 Å². The van der Waals surface area contributed by atoms with Gasteiger partial charge in [0.25, 0.3) is 0 Å². The topological polar surface area (TPSA) is 116 Å². The number of Topliss-reactive ketones (excluding diaryl/α,β-unsaturated/α-hetero) is 1. The fourth-order valence-corrected chi connectivity index (χ4v) is 3.36. The summed E-state index contributed by atoms with van der Waals surface area (Å²) in [5, 5.41) is 24.8. The summed E-state index contributed by atoms with van der Waals surface area (Å²) in [7, 11) is -1.69. The van der Waals surface area contributed by atoms with Crippen molar-refractivity contribution in [2.75, 3.05) is 0 Å². The standard InChI is InChI=1S/C21H29BN2O5/c1-12(2)9-17(21(27)24-19(22(28)29)10-13(3)4)23-16-11-18(25)14-7-5-6-8-15(14)20(16)26/h5-8,11-13,17,19,23,28-29H,9-10H2,1-4H3,(H,24,27)/t17-,19-/m0/s1. The van der Waals surface area contributed by atoms with Gasteiger partial charge in [-0.3, -0.25) is 14.4 Å². The minimum atomic E-state index is -1.69. The second-order valence-electron chi connectivity index (χ2n) is 8.28. The quantitative estimate of drug-likeness (QED) is 0.467. The van der Waals surface area contributed by atoms with Gasteiger partial charge >= 0.3 is 7.12 Å². The molecule has 4 N–H and O–H groups in total. The zero-order valence-corrected chi connectivity index (χ0v) is 17.3. The Hall–Kier alpha value is -2.45. The summed E-state index contributed by atoms with van der Waals surface area (Å²) in [6.45, 7) is 7.71. The molecule has 0 aliphatic heterocycles. The van der Waals surface area contributed by atoms with E-state index in [-0.39, 0.29) is 29.1 Å². The van der Waals surface area contributed by atoms with Crippen LogP contribution in [0.15, 0.2) is 36.0 Å². The smallest absolute Gasteiger partial charge is 0.426 e. The molecule has 1 amide bonds. The highest BCUT2D eigenvalue weighted by molar-refractivity contribution is 6.43. The Morgan fingerprint density at radius 2 is 1.59 bits per heavy atom. The van der Waals surface area contributed by atoms with Gasteiger partial charge < -0.3 is 20.7 Å². The van der Waals surface area contributed by atoms with E-state index in [0.717, 1.165) is 0 Å². The van der Waals surface area contributed by atoms with Crippen molar-refractivity contribution in [1.82, 2.24) is 10.6 Å². The molecule has 0 unspecified atom stereocenters. The average molecular weight is 400 g/mol. The predicted molar refractivity (Wildman–Crippen MR) is 111 cm³/mol. The van der Waals surface area contributed by atoms with Crippen molar-refractivity contribution in [3.63, 3.8) is 0 Å². The number of carbonyl (C=O) groups is 3. The van der Waals surface area contributed by atoms with E-state index in [1.807, 2.05) is 27.7 Å². The second kappa shape index (κ2) is 9.85. The molecule has 0 saturated carbocycles. The normalized spacial score (nSPS) is 15.7. The van der Waals surface area contributed by atoms with Crippen LogP contribution in [-0.2, 0) is 4.79 Å². The van der Waals surface area contributed by atoms with Crippen molar-refractivity contribution in [3.05, 3.63) is 47.2 Å². The number of rotatable bonds is 9. The molecule has 0 fully saturated rings. The number of nitrogens with one attached hydrogen (secondary N) is 2. The van der Waals surface area contributed by atoms with Crippen molar-refractivity contribution in [3.8, 4) is 0 Å². The Balaban J connectivity index is 2.21. The Bertz CT molecular complexity index is 804. The third-order valence-electron chi connectivity index (χ3n) is 4.72. The molecule has 1 aromatic carbocycles. The highest BCUT2D eigenvalue weighted by atomic mass is 16.4. The van der Waals surface area contributed by atoms with Gasteiger partial charge in [-0.2, -0.15) is 0 Å². The molecule has 1 aromatic rings. The van der Waals surface area contributed by atoms with Gasteiger partial charge in [0.15, 0.2) is 5.78 Å². The molecular formula is C21H29BN2O5. The first kappa shape index (κ1) is 22.8. The van der Waals surface area contributed by atoms with Gasteiger partial charge in [0.05, 0.1) is 11.6 Å². The van der Waals surface area contributed by atoms with Crippen LogP contribution in [0.2, 0.25) is 0 Å². The lowest BCUT2D eigenvalue weighted by Gasteiger charge is -2.27. The molecule has 0 spiro atoms.